The van der Waals surface area contributed by atoms with E-state index in [1.807, 2.05) is 30.3 Å². The van der Waals surface area contributed by atoms with Gasteiger partial charge in [-0.1, -0.05) is 61.2 Å². The number of thiophene rings is 1. The second-order valence-electron chi connectivity index (χ2n) is 5.44. The molecule has 1 saturated carbocycles. The summed E-state index contributed by atoms with van der Waals surface area (Å²) in [5, 5.41) is 0. The quantitative estimate of drug-likeness (QED) is 0.686. The zero-order valence-corrected chi connectivity index (χ0v) is 12.8. The van der Waals surface area contributed by atoms with Crippen LogP contribution in [0.3, 0.4) is 0 Å². The normalized spacial score (nSPS) is 17.9. The summed E-state index contributed by atoms with van der Waals surface area (Å²) in [6.07, 6.45) is 5.38. The van der Waals surface area contributed by atoms with Gasteiger partial charge in [-0.25, -0.2) is 0 Å². The zero-order chi connectivity index (χ0) is 14.0. The summed E-state index contributed by atoms with van der Waals surface area (Å²) < 4.78 is 0.687. The van der Waals surface area contributed by atoms with Crippen LogP contribution in [0.5, 0.6) is 0 Å². The van der Waals surface area contributed by atoms with Crippen molar-refractivity contribution in [3.63, 3.8) is 0 Å². The molecule has 1 heterocycles. The van der Waals surface area contributed by atoms with Crippen molar-refractivity contribution in [2.45, 2.75) is 37.5 Å². The minimum Gasteiger partial charge on any atom is -0.292 e. The molecule has 1 aliphatic carbocycles. The highest BCUT2D eigenvalue weighted by molar-refractivity contribution is 7.18. The van der Waals surface area contributed by atoms with Crippen molar-refractivity contribution in [2.75, 3.05) is 0 Å². The molecule has 1 aromatic carbocycles. The fourth-order valence-electron chi connectivity index (χ4n) is 3.23. The second kappa shape index (κ2) is 5.71. The summed E-state index contributed by atoms with van der Waals surface area (Å²) in [7, 11) is 0. The monoisotopic (exact) mass is 304 g/mol. The van der Waals surface area contributed by atoms with Gasteiger partial charge in [0.2, 0.25) is 0 Å². The summed E-state index contributed by atoms with van der Waals surface area (Å²) in [5.41, 5.74) is 0.822. The Bertz CT molecular complexity index is 596. The van der Waals surface area contributed by atoms with Gasteiger partial charge in [0.1, 0.15) is 0 Å². The number of ketones is 1. The van der Waals surface area contributed by atoms with E-state index in [1.165, 1.54) is 17.8 Å². The standard InChI is InChI=1S/C17H17ClOS/c18-15-10-9-14(20-15)16(19)17(11-5-2-6-12-17)13-7-3-1-4-8-13/h1,3-4,7-10H,2,5-6,11-12H2. The molecule has 0 radical (unpaired) electrons. The van der Waals surface area contributed by atoms with Crippen LogP contribution < -0.4 is 0 Å². The van der Waals surface area contributed by atoms with Crippen molar-refractivity contribution in [3.05, 3.63) is 57.2 Å². The van der Waals surface area contributed by atoms with Gasteiger partial charge in [-0.2, -0.15) is 0 Å². The van der Waals surface area contributed by atoms with Gasteiger partial charge in [-0.05, 0) is 30.5 Å². The summed E-state index contributed by atoms with van der Waals surface area (Å²) in [6, 6.07) is 13.9. The molecule has 0 saturated heterocycles. The molecule has 0 spiro atoms. The predicted molar refractivity (Wildman–Crippen MR) is 84.9 cm³/mol. The lowest BCUT2D eigenvalue weighted by Crippen LogP contribution is -2.37. The van der Waals surface area contributed by atoms with Crippen LogP contribution in [0.2, 0.25) is 4.34 Å². The molecule has 3 heteroatoms. The van der Waals surface area contributed by atoms with E-state index in [0.717, 1.165) is 36.1 Å². The van der Waals surface area contributed by atoms with E-state index in [2.05, 4.69) is 12.1 Å². The zero-order valence-electron chi connectivity index (χ0n) is 11.3. The van der Waals surface area contributed by atoms with E-state index in [0.29, 0.717) is 4.34 Å². The van der Waals surface area contributed by atoms with Crippen molar-refractivity contribution in [2.24, 2.45) is 0 Å². The van der Waals surface area contributed by atoms with Crippen molar-refractivity contribution in [1.29, 1.82) is 0 Å². The minimum absolute atomic E-state index is 0.250. The van der Waals surface area contributed by atoms with Gasteiger partial charge in [0.15, 0.2) is 5.78 Å². The Morgan fingerprint density at radius 1 is 1.00 bits per heavy atom. The molecular weight excluding hydrogens is 288 g/mol. The fraction of sp³-hybridized carbons (Fsp3) is 0.353. The van der Waals surface area contributed by atoms with Crippen LogP contribution in [0.1, 0.15) is 47.3 Å². The SMILES string of the molecule is O=C(c1ccc(Cl)s1)C1(c2ccccc2)CCCCC1. The highest BCUT2D eigenvalue weighted by Crippen LogP contribution is 2.43. The molecule has 3 rings (SSSR count). The first-order valence-corrected chi connectivity index (χ1v) is 8.27. The first-order valence-electron chi connectivity index (χ1n) is 7.08. The Hall–Kier alpha value is -1.12. The molecule has 1 aromatic heterocycles. The molecule has 2 aromatic rings. The van der Waals surface area contributed by atoms with Crippen LogP contribution in [0.4, 0.5) is 0 Å². The Balaban J connectivity index is 2.04. The Morgan fingerprint density at radius 3 is 2.30 bits per heavy atom. The highest BCUT2D eigenvalue weighted by atomic mass is 35.5. The number of carbonyl (C=O) groups excluding carboxylic acids is 1. The second-order valence-corrected chi connectivity index (χ2v) is 7.16. The van der Waals surface area contributed by atoms with E-state index < -0.39 is 0 Å². The molecule has 0 atom stereocenters. The molecule has 0 unspecified atom stereocenters. The van der Waals surface area contributed by atoms with Crippen LogP contribution in [-0.2, 0) is 5.41 Å². The lowest BCUT2D eigenvalue weighted by atomic mass is 9.66. The largest absolute Gasteiger partial charge is 0.292 e. The summed E-state index contributed by atoms with van der Waals surface area (Å²) in [5.74, 6) is 0.250. The van der Waals surface area contributed by atoms with Gasteiger partial charge < -0.3 is 0 Å². The first kappa shape index (κ1) is 13.8. The third kappa shape index (κ3) is 2.43. The van der Waals surface area contributed by atoms with Crippen LogP contribution in [0.25, 0.3) is 0 Å². The van der Waals surface area contributed by atoms with Gasteiger partial charge in [0, 0.05) is 0 Å². The maximum Gasteiger partial charge on any atom is 0.183 e. The molecule has 0 bridgehead atoms. The highest BCUT2D eigenvalue weighted by Gasteiger charge is 2.41. The van der Waals surface area contributed by atoms with Gasteiger partial charge in [0.05, 0.1) is 14.6 Å². The molecule has 20 heavy (non-hydrogen) atoms. The van der Waals surface area contributed by atoms with Crippen molar-refractivity contribution in [1.82, 2.24) is 0 Å². The number of benzene rings is 1. The number of carbonyl (C=O) groups is 1. The van der Waals surface area contributed by atoms with E-state index in [9.17, 15) is 4.79 Å². The molecular formula is C17H17ClOS. The summed E-state index contributed by atoms with van der Waals surface area (Å²) >= 11 is 7.40. The van der Waals surface area contributed by atoms with E-state index in [1.54, 1.807) is 0 Å². The number of Topliss-reactive ketones (excluding diaryl/α,β-unsaturated/α-hetero) is 1. The number of hydrogen-bond donors (Lipinski definition) is 0. The first-order chi connectivity index (χ1) is 9.72. The van der Waals surface area contributed by atoms with Gasteiger partial charge >= 0.3 is 0 Å². The van der Waals surface area contributed by atoms with E-state index in [4.69, 9.17) is 11.6 Å². The van der Waals surface area contributed by atoms with Crippen LogP contribution in [0, 0.1) is 0 Å². The smallest absolute Gasteiger partial charge is 0.183 e. The molecule has 1 nitrogen and oxygen atoms in total. The molecule has 0 amide bonds. The third-order valence-corrected chi connectivity index (χ3v) is 5.50. The van der Waals surface area contributed by atoms with Gasteiger partial charge in [-0.15, -0.1) is 11.3 Å². The third-order valence-electron chi connectivity index (χ3n) is 4.27. The van der Waals surface area contributed by atoms with Crippen molar-refractivity contribution >= 4 is 28.7 Å². The lowest BCUT2D eigenvalue weighted by Gasteiger charge is -2.36. The average molecular weight is 305 g/mol. The van der Waals surface area contributed by atoms with Crippen LogP contribution in [-0.4, -0.2) is 5.78 Å². The van der Waals surface area contributed by atoms with Gasteiger partial charge in [-0.3, -0.25) is 4.79 Å². The average Bonchev–Trinajstić information content (AvgIpc) is 2.94. The number of rotatable bonds is 3. The van der Waals surface area contributed by atoms with Crippen molar-refractivity contribution < 1.29 is 4.79 Å². The molecule has 104 valence electrons. The number of halogens is 1. The molecule has 0 aliphatic heterocycles. The summed E-state index contributed by atoms with van der Waals surface area (Å²) in [6.45, 7) is 0. The molecule has 1 aliphatic rings. The molecule has 1 fully saturated rings. The Kier molecular flexibility index (Phi) is 3.95. The van der Waals surface area contributed by atoms with Crippen molar-refractivity contribution in [3.8, 4) is 0 Å². The topological polar surface area (TPSA) is 17.1 Å². The molecule has 0 N–H and O–H groups in total. The minimum atomic E-state index is -0.340. The van der Waals surface area contributed by atoms with Gasteiger partial charge in [0.25, 0.3) is 0 Å². The van der Waals surface area contributed by atoms with Crippen LogP contribution in [0.15, 0.2) is 42.5 Å². The van der Waals surface area contributed by atoms with E-state index >= 15 is 0 Å². The summed E-state index contributed by atoms with van der Waals surface area (Å²) in [4.78, 5) is 13.9. The maximum absolute atomic E-state index is 13.1. The van der Waals surface area contributed by atoms with E-state index in [-0.39, 0.29) is 11.2 Å². The Labute approximate surface area is 128 Å². The fourth-order valence-corrected chi connectivity index (χ4v) is 4.31. The maximum atomic E-state index is 13.1. The number of hydrogen-bond acceptors (Lipinski definition) is 2. The van der Waals surface area contributed by atoms with Crippen LogP contribution >= 0.6 is 22.9 Å². The predicted octanol–water partition coefficient (Wildman–Crippen LogP) is 5.49. The Morgan fingerprint density at radius 2 is 1.70 bits per heavy atom. The lowest BCUT2D eigenvalue weighted by molar-refractivity contribution is 0.0844.